The van der Waals surface area contributed by atoms with Crippen molar-refractivity contribution >= 4 is 40.6 Å². The van der Waals surface area contributed by atoms with Gasteiger partial charge in [0.15, 0.2) is 5.82 Å². The molecular formula is C15H15ClFN5O. The fourth-order valence-electron chi connectivity index (χ4n) is 2.31. The van der Waals surface area contributed by atoms with Gasteiger partial charge in [0, 0.05) is 12.7 Å². The molecule has 0 radical (unpaired) electrons. The van der Waals surface area contributed by atoms with Crippen molar-refractivity contribution in [2.45, 2.75) is 19.9 Å². The van der Waals surface area contributed by atoms with Crippen LogP contribution >= 0.6 is 11.6 Å². The summed E-state index contributed by atoms with van der Waals surface area (Å²) in [6.07, 6.45) is 0. The summed E-state index contributed by atoms with van der Waals surface area (Å²) in [5.74, 6) is 0.383. The molecule has 0 bridgehead atoms. The van der Waals surface area contributed by atoms with Crippen LogP contribution in [0, 0.1) is 12.7 Å². The van der Waals surface area contributed by atoms with Gasteiger partial charge >= 0.3 is 0 Å². The number of benzene rings is 1. The second-order valence-electron chi connectivity index (χ2n) is 5.36. The number of aromatic nitrogens is 2. The molecule has 8 heteroatoms. The van der Waals surface area contributed by atoms with Gasteiger partial charge in [-0.2, -0.15) is 4.98 Å². The largest absolute Gasteiger partial charge is 0.346 e. The second kappa shape index (κ2) is 5.66. The molecule has 1 aliphatic rings. The van der Waals surface area contributed by atoms with Crippen molar-refractivity contribution in [3.8, 4) is 0 Å². The van der Waals surface area contributed by atoms with Crippen LogP contribution in [0.1, 0.15) is 12.6 Å². The van der Waals surface area contributed by atoms with Crippen molar-refractivity contribution in [2.75, 3.05) is 22.6 Å². The molecule has 1 aromatic carbocycles. The number of nitrogens with zero attached hydrogens (tertiary/aromatic N) is 3. The van der Waals surface area contributed by atoms with Crippen LogP contribution in [-0.4, -0.2) is 29.0 Å². The van der Waals surface area contributed by atoms with E-state index < -0.39 is 5.82 Å². The molecule has 3 rings (SSSR count). The molecule has 0 unspecified atom stereocenters. The van der Waals surface area contributed by atoms with Crippen LogP contribution in [0.15, 0.2) is 18.2 Å². The number of hydrogen-bond donors (Lipinski definition) is 2. The Balaban J connectivity index is 1.97. The zero-order valence-electron chi connectivity index (χ0n) is 12.8. The summed E-state index contributed by atoms with van der Waals surface area (Å²) in [7, 11) is 1.80. The SMILES string of the molecule is Cc1nc(Nc2ccc(F)c(Cl)c2)nc2c1NC(=O)[C@@H](C)N2C. The Kier molecular flexibility index (Phi) is 3.81. The molecule has 6 nitrogen and oxygen atoms in total. The summed E-state index contributed by atoms with van der Waals surface area (Å²) in [5, 5.41) is 5.83. The number of rotatable bonds is 2. The number of anilines is 4. The predicted octanol–water partition coefficient (Wildman–Crippen LogP) is 3.10. The number of halogens is 2. The highest BCUT2D eigenvalue weighted by Crippen LogP contribution is 2.32. The molecule has 1 atom stereocenters. The Labute approximate surface area is 137 Å². The summed E-state index contributed by atoms with van der Waals surface area (Å²) in [6, 6.07) is 3.95. The number of nitrogens with one attached hydrogen (secondary N) is 2. The van der Waals surface area contributed by atoms with Gasteiger partial charge in [0.25, 0.3) is 0 Å². The normalized spacial score (nSPS) is 16.8. The first-order valence-electron chi connectivity index (χ1n) is 7.01. The fraction of sp³-hybridized carbons (Fsp3) is 0.267. The summed E-state index contributed by atoms with van der Waals surface area (Å²) >= 11 is 5.77. The first kappa shape index (κ1) is 15.5. The van der Waals surface area contributed by atoms with E-state index >= 15 is 0 Å². The van der Waals surface area contributed by atoms with Crippen LogP contribution in [0.4, 0.5) is 27.5 Å². The van der Waals surface area contributed by atoms with Gasteiger partial charge in [0.2, 0.25) is 11.9 Å². The van der Waals surface area contributed by atoms with Crippen LogP contribution in [0.2, 0.25) is 5.02 Å². The average Bonchev–Trinajstić information content (AvgIpc) is 2.50. The highest BCUT2D eigenvalue weighted by Gasteiger charge is 2.30. The summed E-state index contributed by atoms with van der Waals surface area (Å²) in [5.41, 5.74) is 1.81. The molecule has 1 amide bonds. The molecule has 0 saturated heterocycles. The minimum Gasteiger partial charge on any atom is -0.346 e. The van der Waals surface area contributed by atoms with Crippen LogP contribution < -0.4 is 15.5 Å². The summed E-state index contributed by atoms with van der Waals surface area (Å²) in [4.78, 5) is 22.4. The lowest BCUT2D eigenvalue weighted by atomic mass is 10.2. The number of carbonyl (C=O) groups is 1. The number of likely N-dealkylation sites (N-methyl/N-ethyl adjacent to an activating group) is 1. The molecule has 1 aliphatic heterocycles. The molecule has 120 valence electrons. The fourth-order valence-corrected chi connectivity index (χ4v) is 2.49. The Bertz CT molecular complexity index is 798. The van der Waals surface area contributed by atoms with E-state index in [4.69, 9.17) is 11.6 Å². The minimum absolute atomic E-state index is 0.0164. The highest BCUT2D eigenvalue weighted by molar-refractivity contribution is 6.31. The van der Waals surface area contributed by atoms with Crippen LogP contribution in [0.3, 0.4) is 0 Å². The van der Waals surface area contributed by atoms with E-state index in [9.17, 15) is 9.18 Å². The Morgan fingerprint density at radius 2 is 2.13 bits per heavy atom. The van der Waals surface area contributed by atoms with Crippen LogP contribution in [0.5, 0.6) is 0 Å². The Morgan fingerprint density at radius 3 is 2.83 bits per heavy atom. The van der Waals surface area contributed by atoms with Crippen molar-refractivity contribution in [3.63, 3.8) is 0 Å². The Morgan fingerprint density at radius 1 is 1.39 bits per heavy atom. The van der Waals surface area contributed by atoms with Gasteiger partial charge in [-0.3, -0.25) is 4.79 Å². The quantitative estimate of drug-likeness (QED) is 0.882. The van der Waals surface area contributed by atoms with E-state index in [0.29, 0.717) is 28.8 Å². The van der Waals surface area contributed by atoms with Crippen molar-refractivity contribution in [1.29, 1.82) is 0 Å². The molecule has 2 heterocycles. The molecule has 2 aromatic rings. The van der Waals surface area contributed by atoms with Crippen LogP contribution in [0.25, 0.3) is 0 Å². The van der Waals surface area contributed by atoms with E-state index in [2.05, 4.69) is 20.6 Å². The first-order valence-corrected chi connectivity index (χ1v) is 7.39. The average molecular weight is 336 g/mol. The molecule has 1 aromatic heterocycles. The molecule has 2 N–H and O–H groups in total. The number of hydrogen-bond acceptors (Lipinski definition) is 5. The summed E-state index contributed by atoms with van der Waals surface area (Å²) in [6.45, 7) is 3.58. The maximum absolute atomic E-state index is 13.2. The van der Waals surface area contributed by atoms with Gasteiger partial charge in [-0.25, -0.2) is 9.37 Å². The second-order valence-corrected chi connectivity index (χ2v) is 5.77. The monoisotopic (exact) mass is 335 g/mol. The predicted molar refractivity (Wildman–Crippen MR) is 88.0 cm³/mol. The number of aryl methyl sites for hydroxylation is 1. The van der Waals surface area contributed by atoms with Gasteiger partial charge < -0.3 is 15.5 Å². The molecule has 0 aliphatic carbocycles. The number of amides is 1. The Hall–Kier alpha value is -2.41. The minimum atomic E-state index is -0.490. The van der Waals surface area contributed by atoms with Crippen molar-refractivity contribution in [1.82, 2.24) is 9.97 Å². The van der Waals surface area contributed by atoms with Crippen molar-refractivity contribution < 1.29 is 9.18 Å². The zero-order chi connectivity index (χ0) is 16.7. The molecule has 23 heavy (non-hydrogen) atoms. The van der Waals surface area contributed by atoms with Gasteiger partial charge in [-0.1, -0.05) is 11.6 Å². The maximum Gasteiger partial charge on any atom is 0.246 e. The number of carbonyl (C=O) groups excluding carboxylic acids is 1. The lowest BCUT2D eigenvalue weighted by molar-refractivity contribution is -0.117. The van der Waals surface area contributed by atoms with E-state index in [1.807, 2.05) is 0 Å². The van der Waals surface area contributed by atoms with E-state index in [1.54, 1.807) is 31.9 Å². The molecular weight excluding hydrogens is 321 g/mol. The molecule has 0 saturated carbocycles. The van der Waals surface area contributed by atoms with Gasteiger partial charge in [-0.15, -0.1) is 0 Å². The van der Waals surface area contributed by atoms with Crippen molar-refractivity contribution in [3.05, 3.63) is 34.7 Å². The highest BCUT2D eigenvalue weighted by atomic mass is 35.5. The molecule has 0 spiro atoms. The lowest BCUT2D eigenvalue weighted by Gasteiger charge is -2.32. The van der Waals surface area contributed by atoms with Gasteiger partial charge in [0.05, 0.1) is 10.7 Å². The maximum atomic E-state index is 13.2. The third-order valence-corrected chi connectivity index (χ3v) is 4.08. The van der Waals surface area contributed by atoms with Crippen LogP contribution in [-0.2, 0) is 4.79 Å². The van der Waals surface area contributed by atoms with E-state index in [-0.39, 0.29) is 17.0 Å². The number of fused-ring (bicyclic) bond motifs is 1. The molecule has 0 fully saturated rings. The zero-order valence-corrected chi connectivity index (χ0v) is 13.6. The third kappa shape index (κ3) is 2.79. The lowest BCUT2D eigenvalue weighted by Crippen LogP contribution is -2.44. The summed E-state index contributed by atoms with van der Waals surface area (Å²) < 4.78 is 13.2. The standard InChI is InChI=1S/C15H15ClFN5O/c1-7-12-13(22(3)8(2)14(23)20-12)21-15(18-7)19-9-4-5-11(17)10(16)6-9/h4-6,8H,1-3H3,(H,20,23)(H,18,19,21)/t8-/m1/s1. The van der Waals surface area contributed by atoms with E-state index in [1.165, 1.54) is 12.1 Å². The topological polar surface area (TPSA) is 70.1 Å². The first-order chi connectivity index (χ1) is 10.9. The smallest absolute Gasteiger partial charge is 0.246 e. The van der Waals surface area contributed by atoms with Gasteiger partial charge in [-0.05, 0) is 32.0 Å². The third-order valence-electron chi connectivity index (χ3n) is 3.79. The van der Waals surface area contributed by atoms with Gasteiger partial charge in [0.1, 0.15) is 17.5 Å². The van der Waals surface area contributed by atoms with Crippen molar-refractivity contribution in [2.24, 2.45) is 0 Å². The van der Waals surface area contributed by atoms with E-state index in [0.717, 1.165) is 0 Å².